The van der Waals surface area contributed by atoms with E-state index in [0.29, 0.717) is 0 Å². The maximum atomic E-state index is 8.77. The van der Waals surface area contributed by atoms with Gasteiger partial charge in [0.15, 0.2) is 0 Å². The molecule has 1 aromatic heterocycles. The van der Waals surface area contributed by atoms with Crippen LogP contribution in [-0.2, 0) is 0 Å². The normalized spacial score (nSPS) is 9.86. The second-order valence-electron chi connectivity index (χ2n) is 2.58. The van der Waals surface area contributed by atoms with E-state index in [2.05, 4.69) is 15.3 Å². The van der Waals surface area contributed by atoms with E-state index >= 15 is 0 Å². The first-order valence-corrected chi connectivity index (χ1v) is 4.01. The second-order valence-corrected chi connectivity index (χ2v) is 2.58. The average molecular weight is 194 g/mol. The molecule has 0 spiro atoms. The highest BCUT2D eigenvalue weighted by molar-refractivity contribution is 5.31. The fourth-order valence-corrected chi connectivity index (χ4v) is 0.822. The molecule has 0 bridgehead atoms. The first kappa shape index (κ1) is 10.4. The Morgan fingerprint density at radius 3 is 2.79 bits per heavy atom. The van der Waals surface area contributed by atoms with E-state index in [1.165, 1.54) is 12.3 Å². The molecule has 0 aliphatic rings. The van der Waals surface area contributed by atoms with Crippen molar-refractivity contribution in [1.29, 1.82) is 5.26 Å². The predicted molar refractivity (Wildman–Crippen MR) is 48.3 cm³/mol. The SMILES string of the molecule is N#Cc1ccnc(NC(CO)CO)n1. The number of rotatable bonds is 4. The number of aliphatic hydroxyl groups is 2. The van der Waals surface area contributed by atoms with Gasteiger partial charge in [-0.05, 0) is 6.07 Å². The van der Waals surface area contributed by atoms with E-state index in [1.807, 2.05) is 6.07 Å². The molecular formula is C8H10N4O2. The van der Waals surface area contributed by atoms with Crippen LogP contribution in [0.1, 0.15) is 5.69 Å². The molecule has 74 valence electrons. The van der Waals surface area contributed by atoms with Crippen molar-refractivity contribution in [2.45, 2.75) is 6.04 Å². The summed E-state index contributed by atoms with van der Waals surface area (Å²) in [6.45, 7) is -0.451. The summed E-state index contributed by atoms with van der Waals surface area (Å²) in [5.41, 5.74) is 0.233. The van der Waals surface area contributed by atoms with Crippen LogP contribution in [0.5, 0.6) is 0 Å². The predicted octanol–water partition coefficient (Wildman–Crippen LogP) is -0.887. The molecule has 0 saturated carbocycles. The Morgan fingerprint density at radius 2 is 2.21 bits per heavy atom. The average Bonchev–Trinajstić information content (AvgIpc) is 2.26. The summed E-state index contributed by atoms with van der Waals surface area (Å²) in [4.78, 5) is 7.65. The number of anilines is 1. The molecule has 0 atom stereocenters. The largest absolute Gasteiger partial charge is 0.394 e. The topological polar surface area (TPSA) is 102 Å². The highest BCUT2D eigenvalue weighted by Gasteiger charge is 2.06. The van der Waals surface area contributed by atoms with Gasteiger partial charge >= 0.3 is 0 Å². The number of hydrogen-bond acceptors (Lipinski definition) is 6. The third-order valence-corrected chi connectivity index (χ3v) is 1.54. The molecule has 0 fully saturated rings. The minimum atomic E-state index is -0.510. The Balaban J connectivity index is 2.72. The van der Waals surface area contributed by atoms with E-state index in [4.69, 9.17) is 15.5 Å². The molecule has 3 N–H and O–H groups in total. The van der Waals surface area contributed by atoms with Crippen molar-refractivity contribution in [2.75, 3.05) is 18.5 Å². The summed E-state index contributed by atoms with van der Waals surface area (Å²) >= 11 is 0. The first-order valence-electron chi connectivity index (χ1n) is 4.01. The molecule has 0 radical (unpaired) electrons. The summed E-state index contributed by atoms with van der Waals surface area (Å²) in [6.07, 6.45) is 1.43. The van der Waals surface area contributed by atoms with Crippen LogP contribution >= 0.6 is 0 Å². The molecule has 0 amide bonds. The third-order valence-electron chi connectivity index (χ3n) is 1.54. The number of aliphatic hydroxyl groups excluding tert-OH is 2. The van der Waals surface area contributed by atoms with Crippen molar-refractivity contribution < 1.29 is 10.2 Å². The van der Waals surface area contributed by atoms with Crippen LogP contribution in [0.3, 0.4) is 0 Å². The summed E-state index contributed by atoms with van der Waals surface area (Å²) in [5.74, 6) is 0.220. The first-order chi connectivity index (χ1) is 6.80. The van der Waals surface area contributed by atoms with Gasteiger partial charge in [-0.15, -0.1) is 0 Å². The Bertz CT molecular complexity index is 332. The van der Waals surface area contributed by atoms with E-state index in [-0.39, 0.29) is 24.9 Å². The van der Waals surface area contributed by atoms with Gasteiger partial charge in [-0.3, -0.25) is 0 Å². The van der Waals surface area contributed by atoms with E-state index in [0.717, 1.165) is 0 Å². The number of hydrogen-bond donors (Lipinski definition) is 3. The van der Waals surface area contributed by atoms with Gasteiger partial charge in [0.25, 0.3) is 0 Å². The molecule has 1 aromatic rings. The van der Waals surface area contributed by atoms with Gasteiger partial charge in [0.2, 0.25) is 5.95 Å². The number of nitriles is 1. The molecular weight excluding hydrogens is 184 g/mol. The van der Waals surface area contributed by atoms with Gasteiger partial charge in [0.05, 0.1) is 19.3 Å². The van der Waals surface area contributed by atoms with Gasteiger partial charge in [0.1, 0.15) is 11.8 Å². The zero-order valence-corrected chi connectivity index (χ0v) is 7.38. The molecule has 6 nitrogen and oxygen atoms in total. The molecule has 0 saturated heterocycles. The van der Waals surface area contributed by atoms with Crippen molar-refractivity contribution in [2.24, 2.45) is 0 Å². The molecule has 0 aliphatic carbocycles. The fourth-order valence-electron chi connectivity index (χ4n) is 0.822. The Hall–Kier alpha value is -1.71. The zero-order valence-electron chi connectivity index (χ0n) is 7.38. The minimum absolute atomic E-state index is 0.220. The number of nitrogens with one attached hydrogen (secondary N) is 1. The van der Waals surface area contributed by atoms with Crippen LogP contribution in [0.15, 0.2) is 12.3 Å². The summed E-state index contributed by atoms with van der Waals surface area (Å²) in [5, 5.41) is 28.8. The van der Waals surface area contributed by atoms with Crippen molar-refractivity contribution >= 4 is 5.95 Å². The Kier molecular flexibility index (Phi) is 3.79. The minimum Gasteiger partial charge on any atom is -0.394 e. The van der Waals surface area contributed by atoms with Crippen LogP contribution in [0.2, 0.25) is 0 Å². The number of aromatic nitrogens is 2. The van der Waals surface area contributed by atoms with E-state index in [9.17, 15) is 0 Å². The lowest BCUT2D eigenvalue weighted by molar-refractivity contribution is 0.203. The lowest BCUT2D eigenvalue weighted by Gasteiger charge is -2.12. The summed E-state index contributed by atoms with van der Waals surface area (Å²) < 4.78 is 0. The van der Waals surface area contributed by atoms with Crippen LogP contribution in [0, 0.1) is 11.3 Å². The van der Waals surface area contributed by atoms with Crippen molar-refractivity contribution in [1.82, 2.24) is 9.97 Å². The monoisotopic (exact) mass is 194 g/mol. The highest BCUT2D eigenvalue weighted by atomic mass is 16.3. The maximum Gasteiger partial charge on any atom is 0.224 e. The van der Waals surface area contributed by atoms with Gasteiger partial charge in [0, 0.05) is 6.20 Å². The van der Waals surface area contributed by atoms with E-state index < -0.39 is 6.04 Å². The van der Waals surface area contributed by atoms with Crippen LogP contribution < -0.4 is 5.32 Å². The smallest absolute Gasteiger partial charge is 0.224 e. The lowest BCUT2D eigenvalue weighted by Crippen LogP contribution is -2.28. The molecule has 1 rings (SSSR count). The summed E-state index contributed by atoms with van der Waals surface area (Å²) in [7, 11) is 0. The molecule has 14 heavy (non-hydrogen) atoms. The zero-order chi connectivity index (χ0) is 10.4. The third kappa shape index (κ3) is 2.65. The molecule has 0 unspecified atom stereocenters. The van der Waals surface area contributed by atoms with Crippen LogP contribution in [0.4, 0.5) is 5.95 Å². The molecule has 6 heteroatoms. The molecule has 0 aromatic carbocycles. The second kappa shape index (κ2) is 5.11. The summed E-state index contributed by atoms with van der Waals surface area (Å²) in [6, 6.07) is 2.82. The fraction of sp³-hybridized carbons (Fsp3) is 0.375. The maximum absolute atomic E-state index is 8.77. The van der Waals surface area contributed by atoms with Crippen molar-refractivity contribution in [3.8, 4) is 6.07 Å². The lowest BCUT2D eigenvalue weighted by atomic mass is 10.3. The van der Waals surface area contributed by atoms with Gasteiger partial charge in [-0.2, -0.15) is 5.26 Å². The molecule has 1 heterocycles. The van der Waals surface area contributed by atoms with Gasteiger partial charge in [-0.25, -0.2) is 9.97 Å². The Morgan fingerprint density at radius 1 is 1.50 bits per heavy atom. The van der Waals surface area contributed by atoms with Gasteiger partial charge in [-0.1, -0.05) is 0 Å². The van der Waals surface area contributed by atoms with Crippen LogP contribution in [0.25, 0.3) is 0 Å². The van der Waals surface area contributed by atoms with E-state index in [1.54, 1.807) is 0 Å². The standard InChI is InChI=1S/C8H10N4O2/c9-3-6-1-2-10-8(11-6)12-7(4-13)5-14/h1-2,7,13-14H,4-5H2,(H,10,11,12). The molecule has 0 aliphatic heterocycles. The van der Waals surface area contributed by atoms with Crippen molar-refractivity contribution in [3.63, 3.8) is 0 Å². The van der Waals surface area contributed by atoms with Crippen LogP contribution in [-0.4, -0.2) is 39.4 Å². The number of nitrogens with zero attached hydrogens (tertiary/aromatic N) is 3. The highest BCUT2D eigenvalue weighted by Crippen LogP contribution is 2.00. The van der Waals surface area contributed by atoms with Gasteiger partial charge < -0.3 is 15.5 Å². The van der Waals surface area contributed by atoms with Crippen molar-refractivity contribution in [3.05, 3.63) is 18.0 Å². The Labute approximate surface area is 80.9 Å². The quantitative estimate of drug-likeness (QED) is 0.575.